The molecule has 1 aliphatic carbocycles. The molecule has 1 aromatic rings. The molecule has 2 aliphatic rings. The maximum atomic E-state index is 13.6. The lowest BCUT2D eigenvalue weighted by Crippen LogP contribution is -2.36. The molecule has 1 aromatic carbocycles. The second-order valence-corrected chi connectivity index (χ2v) is 4.15. The minimum atomic E-state index is -0.0257. The number of rotatable bonds is 0. The van der Waals surface area contributed by atoms with Crippen molar-refractivity contribution in [2.24, 2.45) is 0 Å². The molecule has 0 unspecified atom stereocenters. The molecular weight excluding hydrogens is 201 g/mol. The Hall–Kier alpha value is -0.760. The van der Waals surface area contributed by atoms with Crippen molar-refractivity contribution < 1.29 is 4.39 Å². The summed E-state index contributed by atoms with van der Waals surface area (Å²) in [7, 11) is 0. The highest BCUT2D eigenvalue weighted by molar-refractivity contribution is 5.85. The number of benzene rings is 1. The van der Waals surface area contributed by atoms with Crippen LogP contribution in [-0.4, -0.2) is 6.54 Å². The summed E-state index contributed by atoms with van der Waals surface area (Å²) >= 11 is 0. The Kier molecular flexibility index (Phi) is 2.18. The average molecular weight is 214 g/mol. The molecular formula is C11H13ClFN. The number of nitrogens with one attached hydrogen (secondary N) is 1. The summed E-state index contributed by atoms with van der Waals surface area (Å²) in [6, 6.07) is 5.33. The zero-order valence-corrected chi connectivity index (χ0v) is 8.66. The largest absolute Gasteiger partial charge is 0.384 e. The molecule has 1 heterocycles. The van der Waals surface area contributed by atoms with Gasteiger partial charge >= 0.3 is 0 Å². The first-order valence-corrected chi connectivity index (χ1v) is 4.85. The third kappa shape index (κ3) is 1.07. The van der Waals surface area contributed by atoms with Crippen molar-refractivity contribution >= 4 is 18.1 Å². The lowest BCUT2D eigenvalue weighted by Gasteiger charge is -2.38. The summed E-state index contributed by atoms with van der Waals surface area (Å²) in [4.78, 5) is 0. The maximum Gasteiger partial charge on any atom is 0.129 e. The standard InChI is InChI=1S/C11H12FN.ClH/c12-8-3-1-4-9-10(8)11(7-13-9)5-2-6-11;/h1,3-4,13H,2,5-7H2;1H. The molecule has 76 valence electrons. The summed E-state index contributed by atoms with van der Waals surface area (Å²) in [5, 5.41) is 3.29. The van der Waals surface area contributed by atoms with E-state index in [-0.39, 0.29) is 23.6 Å². The normalized spacial score (nSPS) is 20.6. The molecule has 0 aromatic heterocycles. The van der Waals surface area contributed by atoms with E-state index in [1.54, 1.807) is 12.1 Å². The van der Waals surface area contributed by atoms with E-state index in [9.17, 15) is 4.39 Å². The van der Waals surface area contributed by atoms with Gasteiger partial charge in [0.2, 0.25) is 0 Å². The van der Waals surface area contributed by atoms with Crippen molar-refractivity contribution in [2.45, 2.75) is 24.7 Å². The van der Waals surface area contributed by atoms with Crippen molar-refractivity contribution in [3.8, 4) is 0 Å². The highest BCUT2D eigenvalue weighted by atomic mass is 35.5. The van der Waals surface area contributed by atoms with Gasteiger partial charge in [-0.2, -0.15) is 0 Å². The summed E-state index contributed by atoms with van der Waals surface area (Å²) in [6.07, 6.45) is 3.54. The van der Waals surface area contributed by atoms with E-state index >= 15 is 0 Å². The van der Waals surface area contributed by atoms with E-state index < -0.39 is 0 Å². The van der Waals surface area contributed by atoms with Crippen LogP contribution in [0.25, 0.3) is 0 Å². The molecule has 0 bridgehead atoms. The smallest absolute Gasteiger partial charge is 0.129 e. The van der Waals surface area contributed by atoms with Crippen LogP contribution in [0.5, 0.6) is 0 Å². The fraction of sp³-hybridized carbons (Fsp3) is 0.455. The molecule has 14 heavy (non-hydrogen) atoms. The number of fused-ring (bicyclic) bond motifs is 2. The van der Waals surface area contributed by atoms with Crippen molar-refractivity contribution in [2.75, 3.05) is 11.9 Å². The lowest BCUT2D eigenvalue weighted by molar-refractivity contribution is 0.264. The van der Waals surface area contributed by atoms with Gasteiger partial charge in [0.1, 0.15) is 5.82 Å². The predicted molar refractivity (Wildman–Crippen MR) is 57.7 cm³/mol. The van der Waals surface area contributed by atoms with E-state index in [1.807, 2.05) is 6.07 Å². The minimum absolute atomic E-state index is 0. The predicted octanol–water partition coefficient (Wildman–Crippen LogP) is 3.09. The number of hydrogen-bond acceptors (Lipinski definition) is 1. The first-order valence-electron chi connectivity index (χ1n) is 4.85. The van der Waals surface area contributed by atoms with Crippen LogP contribution in [0.3, 0.4) is 0 Å². The van der Waals surface area contributed by atoms with Gasteiger partial charge in [-0.25, -0.2) is 4.39 Å². The number of hydrogen-bond donors (Lipinski definition) is 1. The van der Waals surface area contributed by atoms with Crippen LogP contribution >= 0.6 is 12.4 Å². The van der Waals surface area contributed by atoms with Crippen LogP contribution in [0, 0.1) is 5.82 Å². The van der Waals surface area contributed by atoms with Crippen molar-refractivity contribution in [3.63, 3.8) is 0 Å². The van der Waals surface area contributed by atoms with Gasteiger partial charge in [0.05, 0.1) is 0 Å². The second-order valence-electron chi connectivity index (χ2n) is 4.15. The Morgan fingerprint density at radius 3 is 2.71 bits per heavy atom. The van der Waals surface area contributed by atoms with Crippen LogP contribution in [0.2, 0.25) is 0 Å². The van der Waals surface area contributed by atoms with Crippen molar-refractivity contribution in [3.05, 3.63) is 29.6 Å². The molecule has 0 saturated heterocycles. The summed E-state index contributed by atoms with van der Waals surface area (Å²) in [5.74, 6) is -0.0257. The molecule has 1 N–H and O–H groups in total. The van der Waals surface area contributed by atoms with Crippen molar-refractivity contribution in [1.82, 2.24) is 0 Å². The molecule has 1 aliphatic heterocycles. The lowest BCUT2D eigenvalue weighted by atomic mass is 9.65. The number of anilines is 1. The maximum absolute atomic E-state index is 13.6. The minimum Gasteiger partial charge on any atom is -0.384 e. The van der Waals surface area contributed by atoms with Gasteiger partial charge in [0.15, 0.2) is 0 Å². The fourth-order valence-corrected chi connectivity index (χ4v) is 2.59. The Balaban J connectivity index is 0.000000750. The Morgan fingerprint density at radius 2 is 2.07 bits per heavy atom. The summed E-state index contributed by atoms with van der Waals surface area (Å²) in [6.45, 7) is 0.934. The van der Waals surface area contributed by atoms with Gasteiger partial charge in [0, 0.05) is 23.2 Å². The SMILES string of the molecule is Cl.Fc1cccc2c1C1(CCC1)CN2. The zero-order chi connectivity index (χ0) is 8.89. The zero-order valence-electron chi connectivity index (χ0n) is 7.85. The average Bonchev–Trinajstić information content (AvgIpc) is 2.44. The van der Waals surface area contributed by atoms with E-state index in [1.165, 1.54) is 6.42 Å². The monoisotopic (exact) mass is 213 g/mol. The van der Waals surface area contributed by atoms with Gasteiger partial charge in [-0.15, -0.1) is 12.4 Å². The third-order valence-corrected chi connectivity index (χ3v) is 3.47. The molecule has 1 saturated carbocycles. The Labute approximate surface area is 89.1 Å². The summed E-state index contributed by atoms with van der Waals surface area (Å²) < 4.78 is 13.6. The highest BCUT2D eigenvalue weighted by Gasteiger charge is 2.45. The van der Waals surface area contributed by atoms with E-state index in [4.69, 9.17) is 0 Å². The van der Waals surface area contributed by atoms with Crippen LogP contribution in [0.4, 0.5) is 10.1 Å². The number of halogens is 2. The van der Waals surface area contributed by atoms with Crippen LogP contribution in [0.15, 0.2) is 18.2 Å². The molecule has 1 spiro atoms. The van der Waals surface area contributed by atoms with E-state index in [0.29, 0.717) is 0 Å². The van der Waals surface area contributed by atoms with Gasteiger partial charge < -0.3 is 5.32 Å². The van der Waals surface area contributed by atoms with E-state index in [2.05, 4.69) is 5.32 Å². The van der Waals surface area contributed by atoms with Crippen molar-refractivity contribution in [1.29, 1.82) is 0 Å². The van der Waals surface area contributed by atoms with Gasteiger partial charge in [0.25, 0.3) is 0 Å². The van der Waals surface area contributed by atoms with Crippen LogP contribution < -0.4 is 5.32 Å². The van der Waals surface area contributed by atoms with Crippen LogP contribution in [-0.2, 0) is 5.41 Å². The molecule has 0 atom stereocenters. The first kappa shape index (κ1) is 9.78. The molecule has 1 fully saturated rings. The second kappa shape index (κ2) is 3.13. The summed E-state index contributed by atoms with van der Waals surface area (Å²) in [5.41, 5.74) is 2.11. The highest BCUT2D eigenvalue weighted by Crippen LogP contribution is 2.50. The Morgan fingerprint density at radius 1 is 1.29 bits per heavy atom. The molecule has 0 amide bonds. The fourth-order valence-electron chi connectivity index (χ4n) is 2.59. The molecule has 3 rings (SSSR count). The quantitative estimate of drug-likeness (QED) is 0.699. The molecule has 1 nitrogen and oxygen atoms in total. The molecule has 3 heteroatoms. The van der Waals surface area contributed by atoms with Gasteiger partial charge in [-0.3, -0.25) is 0 Å². The van der Waals surface area contributed by atoms with Gasteiger partial charge in [-0.05, 0) is 25.0 Å². The van der Waals surface area contributed by atoms with E-state index in [0.717, 1.165) is 30.6 Å². The third-order valence-electron chi connectivity index (χ3n) is 3.47. The first-order chi connectivity index (χ1) is 6.32. The van der Waals surface area contributed by atoms with Crippen LogP contribution in [0.1, 0.15) is 24.8 Å². The van der Waals surface area contributed by atoms with Gasteiger partial charge in [-0.1, -0.05) is 12.5 Å². The Bertz CT molecular complexity index is 360. The topological polar surface area (TPSA) is 12.0 Å². The molecule has 0 radical (unpaired) electrons.